The average molecular weight is 712 g/mol. The molecule has 0 fully saturated rings. The first-order valence-electron chi connectivity index (χ1n) is 16.9. The molecule has 2 atom stereocenters. The average Bonchev–Trinajstić information content (AvgIpc) is 3.07. The van der Waals surface area contributed by atoms with Crippen molar-refractivity contribution in [2.24, 2.45) is 11.3 Å². The minimum absolute atomic E-state index is 0.154. The summed E-state index contributed by atoms with van der Waals surface area (Å²) in [5.74, 6) is -1.17. The third kappa shape index (κ3) is 9.93. The zero-order valence-corrected chi connectivity index (χ0v) is 30.5. The summed E-state index contributed by atoms with van der Waals surface area (Å²) in [5.41, 5.74) is 8.69. The van der Waals surface area contributed by atoms with E-state index in [2.05, 4.69) is 49.6 Å². The maximum absolute atomic E-state index is 14.0. The molecule has 0 spiro atoms. The normalized spacial score (nSPS) is 15.6. The third-order valence-electron chi connectivity index (χ3n) is 9.58. The summed E-state index contributed by atoms with van der Waals surface area (Å²) in [6, 6.07) is 28.7. The van der Waals surface area contributed by atoms with E-state index in [1.165, 1.54) is 11.1 Å². The van der Waals surface area contributed by atoms with Gasteiger partial charge in [-0.3, -0.25) is 9.59 Å². The highest BCUT2D eigenvalue weighted by atomic mass is 35.5. The fraction of sp³-hybridized carbons (Fsp3) is 0.317. The minimum Gasteiger partial charge on any atom is -0.748 e. The number of anilines is 1. The van der Waals surface area contributed by atoms with E-state index < -0.39 is 27.7 Å². The molecule has 5 rings (SSSR count). The van der Waals surface area contributed by atoms with E-state index in [1.807, 2.05) is 61.5 Å². The number of carbonyl (C=O) groups is 2. The predicted octanol–water partition coefficient (Wildman–Crippen LogP) is 8.79. The summed E-state index contributed by atoms with van der Waals surface area (Å²) in [4.78, 5) is 26.5. The largest absolute Gasteiger partial charge is 0.748 e. The van der Waals surface area contributed by atoms with Gasteiger partial charge in [-0.1, -0.05) is 93.0 Å². The molecule has 1 aliphatic rings. The quantitative estimate of drug-likeness (QED) is 0.151. The maximum atomic E-state index is 14.0. The van der Waals surface area contributed by atoms with Gasteiger partial charge in [0.05, 0.1) is 21.8 Å². The number of amides is 2. The Labute approximate surface area is 300 Å². The van der Waals surface area contributed by atoms with Gasteiger partial charge in [-0.25, -0.2) is 8.42 Å². The van der Waals surface area contributed by atoms with Gasteiger partial charge >= 0.3 is 0 Å². The molecule has 2 N–H and O–H groups in total. The molecule has 0 heterocycles. The van der Waals surface area contributed by atoms with E-state index in [-0.39, 0.29) is 17.9 Å². The monoisotopic (exact) mass is 711 g/mol. The SMILES string of the molecule is Cc1cc(Cl)ccc1-c1ccc(NC(=O)C(Cc2ccc(C(=O)NCCS(=O)(=O)[O-])cc2)c2ccc(C3=CC[C@H](C(C)(C)C)CC3)cc2)cc1. The van der Waals surface area contributed by atoms with E-state index in [0.29, 0.717) is 28.6 Å². The van der Waals surface area contributed by atoms with Crippen LogP contribution in [0.25, 0.3) is 16.7 Å². The lowest BCUT2D eigenvalue weighted by Gasteiger charge is -2.33. The van der Waals surface area contributed by atoms with Crippen molar-refractivity contribution in [2.75, 3.05) is 17.6 Å². The first kappa shape index (κ1) is 37.0. The number of rotatable bonds is 11. The summed E-state index contributed by atoms with van der Waals surface area (Å²) in [5, 5.41) is 6.26. The fourth-order valence-electron chi connectivity index (χ4n) is 6.51. The molecule has 0 saturated carbocycles. The van der Waals surface area contributed by atoms with Gasteiger partial charge in [0, 0.05) is 22.8 Å². The first-order valence-corrected chi connectivity index (χ1v) is 18.9. The van der Waals surface area contributed by atoms with Crippen LogP contribution in [0.15, 0.2) is 97.1 Å². The Morgan fingerprint density at radius 1 is 0.920 bits per heavy atom. The number of hydrogen-bond acceptors (Lipinski definition) is 5. The van der Waals surface area contributed by atoms with Crippen molar-refractivity contribution in [3.8, 4) is 11.1 Å². The van der Waals surface area contributed by atoms with Gasteiger partial charge in [0.15, 0.2) is 0 Å². The molecular weight excluding hydrogens is 668 g/mol. The summed E-state index contributed by atoms with van der Waals surface area (Å²) >= 11 is 6.15. The van der Waals surface area contributed by atoms with Gasteiger partial charge in [0.25, 0.3) is 5.91 Å². The number of nitrogens with one attached hydrogen (secondary N) is 2. The molecule has 4 aromatic carbocycles. The molecule has 9 heteroatoms. The number of hydrogen-bond donors (Lipinski definition) is 2. The Balaban J connectivity index is 1.35. The molecule has 7 nitrogen and oxygen atoms in total. The second-order valence-corrected chi connectivity index (χ2v) is 16.1. The lowest BCUT2D eigenvalue weighted by atomic mass is 9.72. The molecule has 2 amide bonds. The molecule has 0 aliphatic heterocycles. The van der Waals surface area contributed by atoms with E-state index in [9.17, 15) is 22.6 Å². The molecule has 0 aromatic heterocycles. The number of benzene rings is 4. The van der Waals surface area contributed by atoms with Gasteiger partial charge in [0.2, 0.25) is 5.91 Å². The van der Waals surface area contributed by atoms with E-state index in [0.717, 1.165) is 47.1 Å². The van der Waals surface area contributed by atoms with Crippen LogP contribution in [-0.2, 0) is 21.3 Å². The van der Waals surface area contributed by atoms with Crippen LogP contribution in [0.2, 0.25) is 5.02 Å². The highest BCUT2D eigenvalue weighted by molar-refractivity contribution is 7.85. The Bertz CT molecular complexity index is 1960. The van der Waals surface area contributed by atoms with Crippen LogP contribution in [-0.4, -0.2) is 37.1 Å². The number of carbonyl (C=O) groups excluding carboxylic acids is 2. The van der Waals surface area contributed by atoms with Crippen LogP contribution in [0.3, 0.4) is 0 Å². The van der Waals surface area contributed by atoms with Crippen molar-refractivity contribution in [3.63, 3.8) is 0 Å². The molecule has 0 radical (unpaired) electrons. The highest BCUT2D eigenvalue weighted by Crippen LogP contribution is 2.40. The van der Waals surface area contributed by atoms with E-state index in [4.69, 9.17) is 11.6 Å². The Morgan fingerprint density at radius 2 is 1.58 bits per heavy atom. The molecule has 1 unspecified atom stereocenters. The summed E-state index contributed by atoms with van der Waals surface area (Å²) in [6.07, 6.45) is 6.01. The van der Waals surface area contributed by atoms with Crippen LogP contribution in [0.4, 0.5) is 5.69 Å². The number of halogens is 1. The maximum Gasteiger partial charge on any atom is 0.251 e. The lowest BCUT2D eigenvalue weighted by Crippen LogP contribution is -2.29. The first-order chi connectivity index (χ1) is 23.7. The Kier molecular flexibility index (Phi) is 11.7. The molecule has 1 aliphatic carbocycles. The van der Waals surface area contributed by atoms with Crippen molar-refractivity contribution in [3.05, 3.63) is 130 Å². The van der Waals surface area contributed by atoms with Crippen molar-refractivity contribution >= 4 is 44.8 Å². The van der Waals surface area contributed by atoms with Crippen molar-refractivity contribution < 1.29 is 22.6 Å². The summed E-state index contributed by atoms with van der Waals surface area (Å²) in [6.45, 7) is 8.66. The standard InChI is InChI=1S/C41H45ClN2O5S/c1-27-25-35(42)19-22-37(27)31-15-20-36(21-16-31)44-40(46)38(26-28-5-7-33(8-6-28)39(45)43-23-24-50(47,48)49)32-11-9-29(10-12-32)30-13-17-34(18-14-30)41(2,3)4/h5-13,15-16,19-22,25,34,38H,14,17-18,23-24,26H2,1-4H3,(H,43,45)(H,44,46)(H,47,48,49)/p-1/t34-,38?/m0/s1. The Morgan fingerprint density at radius 3 is 2.16 bits per heavy atom. The molecule has 50 heavy (non-hydrogen) atoms. The van der Waals surface area contributed by atoms with E-state index >= 15 is 0 Å². The molecule has 0 bridgehead atoms. The summed E-state index contributed by atoms with van der Waals surface area (Å²) in [7, 11) is -4.42. The third-order valence-corrected chi connectivity index (χ3v) is 10.5. The Hall–Kier alpha value is -4.24. The number of aryl methyl sites for hydroxylation is 1. The van der Waals surface area contributed by atoms with Crippen LogP contribution < -0.4 is 10.6 Å². The van der Waals surface area contributed by atoms with Crippen LogP contribution in [0.1, 0.15) is 78.6 Å². The van der Waals surface area contributed by atoms with Crippen LogP contribution >= 0.6 is 11.6 Å². The number of allylic oxidation sites excluding steroid dienone is 2. The zero-order chi connectivity index (χ0) is 36.1. The van der Waals surface area contributed by atoms with Crippen LogP contribution in [0, 0.1) is 18.3 Å². The van der Waals surface area contributed by atoms with Gasteiger partial charge < -0.3 is 15.2 Å². The van der Waals surface area contributed by atoms with Gasteiger partial charge in [0.1, 0.15) is 0 Å². The van der Waals surface area contributed by atoms with Crippen LogP contribution in [0.5, 0.6) is 0 Å². The zero-order valence-electron chi connectivity index (χ0n) is 29.0. The van der Waals surface area contributed by atoms with Crippen molar-refractivity contribution in [1.82, 2.24) is 5.32 Å². The second kappa shape index (κ2) is 15.8. The predicted molar refractivity (Wildman–Crippen MR) is 201 cm³/mol. The summed E-state index contributed by atoms with van der Waals surface area (Å²) < 4.78 is 32.6. The fourth-order valence-corrected chi connectivity index (χ4v) is 7.09. The van der Waals surface area contributed by atoms with Gasteiger partial charge in [-0.15, -0.1) is 0 Å². The second-order valence-electron chi connectivity index (χ2n) is 14.2. The topological polar surface area (TPSA) is 115 Å². The molecule has 262 valence electrons. The van der Waals surface area contributed by atoms with Crippen molar-refractivity contribution in [1.29, 1.82) is 0 Å². The smallest absolute Gasteiger partial charge is 0.251 e. The van der Waals surface area contributed by atoms with Gasteiger partial charge in [-0.05, 0) is 119 Å². The molecular formula is C41H44ClN2O5S-. The van der Waals surface area contributed by atoms with E-state index in [1.54, 1.807) is 24.3 Å². The molecule has 0 saturated heterocycles. The van der Waals surface area contributed by atoms with Crippen molar-refractivity contribution in [2.45, 2.75) is 59.3 Å². The lowest BCUT2D eigenvalue weighted by molar-refractivity contribution is -0.117. The highest BCUT2D eigenvalue weighted by Gasteiger charge is 2.27. The molecule has 4 aromatic rings. The minimum atomic E-state index is -4.42. The van der Waals surface area contributed by atoms with Gasteiger partial charge in [-0.2, -0.15) is 0 Å².